The van der Waals surface area contributed by atoms with Gasteiger partial charge >= 0.3 is 12.1 Å². The van der Waals surface area contributed by atoms with Crippen molar-refractivity contribution in [2.45, 2.75) is 115 Å². The number of amides is 4. The van der Waals surface area contributed by atoms with Gasteiger partial charge in [-0.2, -0.15) is 0 Å². The molecule has 4 amide bonds. The predicted molar refractivity (Wildman–Crippen MR) is 144 cm³/mol. The number of hydrogen-bond acceptors (Lipinski definition) is 4. The van der Waals surface area contributed by atoms with E-state index in [0.29, 0.717) is 0 Å². The molecule has 2 saturated carbocycles. The summed E-state index contributed by atoms with van der Waals surface area (Å²) in [6.07, 6.45) is 11.3. The van der Waals surface area contributed by atoms with Crippen LogP contribution in [0.4, 0.5) is 9.59 Å². The summed E-state index contributed by atoms with van der Waals surface area (Å²) >= 11 is 0. The van der Waals surface area contributed by atoms with Gasteiger partial charge < -0.3 is 20.4 Å². The minimum Gasteiger partial charge on any atom is -0.444 e. The van der Waals surface area contributed by atoms with E-state index in [9.17, 15) is 14.4 Å². The zero-order chi connectivity index (χ0) is 26.4. The zero-order valence-electron chi connectivity index (χ0n) is 22.5. The quantitative estimate of drug-likeness (QED) is 0.456. The van der Waals surface area contributed by atoms with Gasteiger partial charge in [-0.05, 0) is 58.1 Å². The van der Waals surface area contributed by atoms with Gasteiger partial charge in [0.2, 0.25) is 0 Å². The maximum atomic E-state index is 14.2. The van der Waals surface area contributed by atoms with Crippen molar-refractivity contribution in [1.82, 2.24) is 20.5 Å². The first-order chi connectivity index (χ1) is 17.7. The van der Waals surface area contributed by atoms with Crippen molar-refractivity contribution in [2.24, 2.45) is 0 Å². The van der Waals surface area contributed by atoms with Gasteiger partial charge in [0.1, 0.15) is 11.6 Å². The van der Waals surface area contributed by atoms with Crippen LogP contribution in [0, 0.1) is 0 Å². The molecule has 0 radical (unpaired) electrons. The van der Waals surface area contributed by atoms with Crippen LogP contribution < -0.4 is 10.6 Å². The fraction of sp³-hybridized carbons (Fsp3) is 0.621. The van der Waals surface area contributed by atoms with Gasteiger partial charge in [-0.25, -0.2) is 9.59 Å². The first-order valence-corrected chi connectivity index (χ1v) is 13.9. The first kappa shape index (κ1) is 27.0. The molecule has 0 bridgehead atoms. The third-order valence-electron chi connectivity index (χ3n) is 7.42. The lowest BCUT2D eigenvalue weighted by Crippen LogP contribution is -2.59. The Hall–Kier alpha value is -3.03. The molecule has 3 N–H and O–H groups in total. The number of urea groups is 1. The summed E-state index contributed by atoms with van der Waals surface area (Å²) in [5.41, 5.74) is 1.15. The van der Waals surface area contributed by atoms with Crippen molar-refractivity contribution in [3.05, 3.63) is 36.0 Å². The molecule has 1 heterocycles. The third kappa shape index (κ3) is 7.27. The Morgan fingerprint density at radius 3 is 2.32 bits per heavy atom. The predicted octanol–water partition coefficient (Wildman–Crippen LogP) is 5.81. The lowest BCUT2D eigenvalue weighted by molar-refractivity contribution is -0.133. The molecule has 8 nitrogen and oxygen atoms in total. The second-order valence-electron chi connectivity index (χ2n) is 11.5. The molecule has 37 heavy (non-hydrogen) atoms. The van der Waals surface area contributed by atoms with Crippen molar-refractivity contribution < 1.29 is 19.1 Å². The fourth-order valence-corrected chi connectivity index (χ4v) is 5.61. The molecular formula is C29H42N4O4. The summed E-state index contributed by atoms with van der Waals surface area (Å²) in [6, 6.07) is 6.51. The van der Waals surface area contributed by atoms with Crippen LogP contribution in [0.1, 0.15) is 90.5 Å². The summed E-state index contributed by atoms with van der Waals surface area (Å²) in [4.78, 5) is 45.3. The average molecular weight is 511 g/mol. The Balaban J connectivity index is 1.61. The van der Waals surface area contributed by atoms with Crippen LogP contribution in [0.15, 0.2) is 30.5 Å². The molecule has 2 aromatic rings. The molecule has 2 aliphatic rings. The Labute approximate surface area is 219 Å². The zero-order valence-corrected chi connectivity index (χ0v) is 22.5. The summed E-state index contributed by atoms with van der Waals surface area (Å²) in [6.45, 7) is 5.36. The molecule has 1 unspecified atom stereocenters. The molecule has 8 heteroatoms. The van der Waals surface area contributed by atoms with E-state index in [4.69, 9.17) is 4.74 Å². The van der Waals surface area contributed by atoms with E-state index in [1.165, 1.54) is 11.3 Å². The van der Waals surface area contributed by atoms with Crippen molar-refractivity contribution in [2.75, 3.05) is 0 Å². The maximum Gasteiger partial charge on any atom is 0.408 e. The van der Waals surface area contributed by atoms with Crippen molar-refractivity contribution >= 4 is 28.9 Å². The Morgan fingerprint density at radius 2 is 1.65 bits per heavy atom. The van der Waals surface area contributed by atoms with Crippen LogP contribution in [0.3, 0.4) is 0 Å². The Bertz CT molecular complexity index is 1080. The molecule has 202 valence electrons. The number of fused-ring (bicyclic) bond motifs is 1. The fourth-order valence-electron chi connectivity index (χ4n) is 5.61. The molecule has 1 atom stereocenters. The molecule has 4 rings (SSSR count). The highest BCUT2D eigenvalue weighted by atomic mass is 16.6. The molecule has 0 spiro atoms. The second-order valence-corrected chi connectivity index (χ2v) is 11.5. The molecule has 1 aromatic heterocycles. The summed E-state index contributed by atoms with van der Waals surface area (Å²) in [5.74, 6) is -0.378. The lowest BCUT2D eigenvalue weighted by Gasteiger charge is -2.36. The molecule has 0 saturated heterocycles. The summed E-state index contributed by atoms with van der Waals surface area (Å²) in [5, 5.41) is 6.94. The smallest absolute Gasteiger partial charge is 0.408 e. The van der Waals surface area contributed by atoms with E-state index in [1.807, 2.05) is 30.5 Å². The minimum absolute atomic E-state index is 0.0889. The number of benzene rings is 1. The van der Waals surface area contributed by atoms with Crippen LogP contribution in [0.25, 0.3) is 10.9 Å². The molecule has 1 aromatic carbocycles. The largest absolute Gasteiger partial charge is 0.444 e. The Kier molecular flexibility index (Phi) is 8.77. The van der Waals surface area contributed by atoms with Gasteiger partial charge in [0.05, 0.1) is 0 Å². The normalized spacial score (nSPS) is 18.2. The van der Waals surface area contributed by atoms with Crippen LogP contribution in [-0.4, -0.2) is 51.6 Å². The van der Waals surface area contributed by atoms with E-state index >= 15 is 0 Å². The second kappa shape index (κ2) is 12.0. The number of alkyl carbamates (subject to hydrolysis) is 1. The average Bonchev–Trinajstić information content (AvgIpc) is 3.27. The van der Waals surface area contributed by atoms with Gasteiger partial charge in [-0.3, -0.25) is 9.69 Å². The van der Waals surface area contributed by atoms with E-state index in [2.05, 4.69) is 15.6 Å². The van der Waals surface area contributed by atoms with Gasteiger partial charge in [0.25, 0.3) is 5.91 Å². The molecule has 0 aliphatic heterocycles. The number of carbonyl (C=O) groups excluding carboxylic acids is 3. The van der Waals surface area contributed by atoms with Gasteiger partial charge in [-0.1, -0.05) is 56.7 Å². The monoisotopic (exact) mass is 510 g/mol. The number of para-hydroxylation sites is 1. The number of aromatic amines is 1. The van der Waals surface area contributed by atoms with E-state index in [0.717, 1.165) is 74.3 Å². The van der Waals surface area contributed by atoms with E-state index < -0.39 is 17.7 Å². The van der Waals surface area contributed by atoms with Gasteiger partial charge in [-0.15, -0.1) is 0 Å². The number of nitrogens with one attached hydrogen (secondary N) is 3. The number of hydrogen-bond donors (Lipinski definition) is 3. The third-order valence-corrected chi connectivity index (χ3v) is 7.42. The van der Waals surface area contributed by atoms with Crippen molar-refractivity contribution in [3.63, 3.8) is 0 Å². The van der Waals surface area contributed by atoms with Crippen LogP contribution >= 0.6 is 0 Å². The number of carbonyl (C=O) groups is 3. The number of rotatable bonds is 6. The highest BCUT2D eigenvalue weighted by molar-refractivity contribution is 5.99. The van der Waals surface area contributed by atoms with Crippen LogP contribution in [0.5, 0.6) is 0 Å². The van der Waals surface area contributed by atoms with E-state index in [1.54, 1.807) is 20.8 Å². The number of nitrogens with zero attached hydrogens (tertiary/aromatic N) is 1. The van der Waals surface area contributed by atoms with Crippen LogP contribution in [-0.2, 0) is 16.0 Å². The number of aromatic nitrogens is 1. The van der Waals surface area contributed by atoms with Crippen molar-refractivity contribution in [1.29, 1.82) is 0 Å². The summed E-state index contributed by atoms with van der Waals surface area (Å²) in [7, 11) is 0. The molecule has 2 aliphatic carbocycles. The van der Waals surface area contributed by atoms with Crippen molar-refractivity contribution in [3.8, 4) is 0 Å². The number of imide groups is 1. The maximum absolute atomic E-state index is 14.2. The highest BCUT2D eigenvalue weighted by Gasteiger charge is 2.37. The minimum atomic E-state index is -0.937. The SMILES string of the molecule is CC(C)(C)OC(=O)NC(Cc1c[nH]c2ccccc12)C(=O)N(C(=O)NC1CCCCC1)C1CCCCC1. The summed E-state index contributed by atoms with van der Waals surface area (Å²) < 4.78 is 5.50. The van der Waals surface area contributed by atoms with E-state index in [-0.39, 0.29) is 30.4 Å². The molecule has 2 fully saturated rings. The lowest BCUT2D eigenvalue weighted by atomic mass is 9.93. The topological polar surface area (TPSA) is 104 Å². The highest BCUT2D eigenvalue weighted by Crippen LogP contribution is 2.26. The van der Waals surface area contributed by atoms with Gasteiger partial charge in [0, 0.05) is 35.6 Å². The van der Waals surface area contributed by atoms with Crippen LogP contribution in [0.2, 0.25) is 0 Å². The Morgan fingerprint density at radius 1 is 1.00 bits per heavy atom. The first-order valence-electron chi connectivity index (χ1n) is 13.9. The number of H-pyrrole nitrogens is 1. The molecular weight excluding hydrogens is 468 g/mol. The standard InChI is InChI=1S/C29H42N4O4/c1-29(2,3)37-28(36)32-25(18-20-19-30-24-17-11-10-16-23(20)24)26(34)33(22-14-8-5-9-15-22)27(35)31-21-12-6-4-7-13-21/h10-11,16-17,19,21-22,25,30H,4-9,12-15,18H2,1-3H3,(H,31,35)(H,32,36). The number of ether oxygens (including phenoxy) is 1. The van der Waals surface area contributed by atoms with Gasteiger partial charge in [0.15, 0.2) is 0 Å².